The van der Waals surface area contributed by atoms with Crippen molar-refractivity contribution in [2.45, 2.75) is 46.2 Å². The molecule has 1 atom stereocenters. The van der Waals surface area contributed by atoms with Gasteiger partial charge in [-0.2, -0.15) is 0 Å². The van der Waals surface area contributed by atoms with Gasteiger partial charge in [-0.25, -0.2) is 0 Å². The molecule has 1 aliphatic heterocycles. The van der Waals surface area contributed by atoms with Crippen LogP contribution in [0.5, 0.6) is 0 Å². The zero-order valence-corrected chi connectivity index (χ0v) is 9.71. The van der Waals surface area contributed by atoms with E-state index in [0.29, 0.717) is 12.1 Å². The average molecular weight is 198 g/mol. The molecule has 0 aromatic carbocycles. The molecule has 1 fully saturated rings. The normalized spacial score (nSPS) is 22.4. The third-order valence-electron chi connectivity index (χ3n) is 2.56. The monoisotopic (exact) mass is 198 g/mol. The lowest BCUT2D eigenvalue weighted by molar-refractivity contribution is -0.133. The summed E-state index contributed by atoms with van der Waals surface area (Å²) in [7, 11) is 0. The van der Waals surface area contributed by atoms with Gasteiger partial charge >= 0.3 is 0 Å². The zero-order valence-electron chi connectivity index (χ0n) is 9.71. The fraction of sp³-hybridized carbons (Fsp3) is 0.909. The highest BCUT2D eigenvalue weighted by Gasteiger charge is 2.27. The third kappa shape index (κ3) is 2.98. The summed E-state index contributed by atoms with van der Waals surface area (Å²) in [6.07, 6.45) is 1.09. The molecule has 1 heterocycles. The molecule has 3 nitrogen and oxygen atoms in total. The van der Waals surface area contributed by atoms with Crippen LogP contribution in [0.25, 0.3) is 0 Å². The average Bonchev–Trinajstić information content (AvgIpc) is 2.50. The van der Waals surface area contributed by atoms with Crippen molar-refractivity contribution in [1.29, 1.82) is 0 Å². The number of carbonyl (C=O) groups excluding carboxylic acids is 1. The first-order valence-corrected chi connectivity index (χ1v) is 5.55. The van der Waals surface area contributed by atoms with Crippen LogP contribution in [0.3, 0.4) is 0 Å². The van der Waals surface area contributed by atoms with Crippen molar-refractivity contribution in [1.82, 2.24) is 10.2 Å². The van der Waals surface area contributed by atoms with Crippen molar-refractivity contribution < 1.29 is 4.79 Å². The standard InChI is InChI=1S/C11H22N2O/c1-8(2)11(14)13-6-5-10(7-13)12-9(3)4/h8-10,12H,5-7H2,1-4H3. The number of rotatable bonds is 3. The molecule has 1 aliphatic rings. The van der Waals surface area contributed by atoms with E-state index in [2.05, 4.69) is 19.2 Å². The Balaban J connectivity index is 2.37. The van der Waals surface area contributed by atoms with Gasteiger partial charge in [0.1, 0.15) is 0 Å². The Morgan fingerprint density at radius 3 is 2.50 bits per heavy atom. The maximum atomic E-state index is 11.7. The molecule has 1 rings (SSSR count). The van der Waals surface area contributed by atoms with E-state index in [9.17, 15) is 4.79 Å². The lowest BCUT2D eigenvalue weighted by atomic mass is 10.2. The molecule has 0 bridgehead atoms. The second-order valence-corrected chi connectivity index (χ2v) is 4.75. The summed E-state index contributed by atoms with van der Waals surface area (Å²) >= 11 is 0. The van der Waals surface area contributed by atoms with Gasteiger partial charge in [-0.1, -0.05) is 27.7 Å². The molecular formula is C11H22N2O. The third-order valence-corrected chi connectivity index (χ3v) is 2.56. The van der Waals surface area contributed by atoms with Gasteiger partial charge in [0.05, 0.1) is 0 Å². The van der Waals surface area contributed by atoms with Crippen LogP contribution in [-0.2, 0) is 4.79 Å². The fourth-order valence-electron chi connectivity index (χ4n) is 1.93. The Hall–Kier alpha value is -0.570. The Bertz CT molecular complexity index is 201. The maximum Gasteiger partial charge on any atom is 0.225 e. The SMILES string of the molecule is CC(C)NC1CCN(C(=O)C(C)C)C1. The molecule has 82 valence electrons. The number of nitrogens with zero attached hydrogens (tertiary/aromatic N) is 1. The van der Waals surface area contributed by atoms with Gasteiger partial charge in [0.25, 0.3) is 0 Å². The lowest BCUT2D eigenvalue weighted by Crippen LogP contribution is -2.39. The van der Waals surface area contributed by atoms with Crippen LogP contribution in [-0.4, -0.2) is 36.0 Å². The Kier molecular flexibility index (Phi) is 3.93. The fourth-order valence-corrected chi connectivity index (χ4v) is 1.93. The second-order valence-electron chi connectivity index (χ2n) is 4.75. The summed E-state index contributed by atoms with van der Waals surface area (Å²) in [4.78, 5) is 13.7. The number of hydrogen-bond donors (Lipinski definition) is 1. The van der Waals surface area contributed by atoms with Gasteiger partial charge in [0.2, 0.25) is 5.91 Å². The van der Waals surface area contributed by atoms with Gasteiger partial charge in [0.15, 0.2) is 0 Å². The van der Waals surface area contributed by atoms with Crippen LogP contribution in [0.4, 0.5) is 0 Å². The number of amides is 1. The van der Waals surface area contributed by atoms with Crippen LogP contribution in [0.15, 0.2) is 0 Å². The first-order valence-electron chi connectivity index (χ1n) is 5.55. The first kappa shape index (κ1) is 11.5. The van der Waals surface area contributed by atoms with Crippen LogP contribution in [0.2, 0.25) is 0 Å². The van der Waals surface area contributed by atoms with E-state index in [1.807, 2.05) is 18.7 Å². The second kappa shape index (κ2) is 4.78. The van der Waals surface area contributed by atoms with Crippen molar-refractivity contribution in [2.24, 2.45) is 5.92 Å². The molecule has 0 saturated carbocycles. The Morgan fingerprint density at radius 1 is 1.36 bits per heavy atom. The molecular weight excluding hydrogens is 176 g/mol. The highest BCUT2D eigenvalue weighted by atomic mass is 16.2. The van der Waals surface area contributed by atoms with Crippen LogP contribution < -0.4 is 5.32 Å². The van der Waals surface area contributed by atoms with E-state index >= 15 is 0 Å². The summed E-state index contributed by atoms with van der Waals surface area (Å²) in [5.74, 6) is 0.422. The predicted molar refractivity (Wildman–Crippen MR) is 58.1 cm³/mol. The van der Waals surface area contributed by atoms with Crippen molar-refractivity contribution in [3.05, 3.63) is 0 Å². The van der Waals surface area contributed by atoms with Gasteiger partial charge in [-0.3, -0.25) is 4.79 Å². The number of likely N-dealkylation sites (tertiary alicyclic amines) is 1. The predicted octanol–water partition coefficient (Wildman–Crippen LogP) is 1.24. The summed E-state index contributed by atoms with van der Waals surface area (Å²) in [6.45, 7) is 10.0. The molecule has 0 aliphatic carbocycles. The van der Waals surface area contributed by atoms with Gasteiger partial charge in [-0.05, 0) is 6.42 Å². The molecule has 0 aromatic heterocycles. The molecule has 0 aromatic rings. The summed E-state index contributed by atoms with van der Waals surface area (Å²) in [6, 6.07) is 1.01. The lowest BCUT2D eigenvalue weighted by Gasteiger charge is -2.20. The molecule has 0 radical (unpaired) electrons. The molecule has 1 saturated heterocycles. The van der Waals surface area contributed by atoms with Crippen LogP contribution in [0.1, 0.15) is 34.1 Å². The molecule has 0 spiro atoms. The number of hydrogen-bond acceptors (Lipinski definition) is 2. The number of carbonyl (C=O) groups is 1. The molecule has 1 amide bonds. The van der Waals surface area contributed by atoms with Gasteiger partial charge in [-0.15, -0.1) is 0 Å². The smallest absolute Gasteiger partial charge is 0.225 e. The topological polar surface area (TPSA) is 32.3 Å². The minimum Gasteiger partial charge on any atom is -0.341 e. The van der Waals surface area contributed by atoms with E-state index in [1.54, 1.807) is 0 Å². The summed E-state index contributed by atoms with van der Waals surface area (Å²) in [5.41, 5.74) is 0. The van der Waals surface area contributed by atoms with Crippen molar-refractivity contribution in [3.63, 3.8) is 0 Å². The Morgan fingerprint density at radius 2 is 2.00 bits per heavy atom. The van der Waals surface area contributed by atoms with Gasteiger partial charge < -0.3 is 10.2 Å². The summed E-state index contributed by atoms with van der Waals surface area (Å²) < 4.78 is 0. The van der Waals surface area contributed by atoms with E-state index in [-0.39, 0.29) is 11.8 Å². The van der Waals surface area contributed by atoms with Crippen molar-refractivity contribution in [2.75, 3.05) is 13.1 Å². The van der Waals surface area contributed by atoms with Crippen LogP contribution in [0, 0.1) is 5.92 Å². The summed E-state index contributed by atoms with van der Waals surface area (Å²) in [5, 5.41) is 3.47. The molecule has 1 unspecified atom stereocenters. The van der Waals surface area contributed by atoms with Crippen molar-refractivity contribution in [3.8, 4) is 0 Å². The largest absolute Gasteiger partial charge is 0.341 e. The highest BCUT2D eigenvalue weighted by molar-refractivity contribution is 5.78. The quantitative estimate of drug-likeness (QED) is 0.740. The molecule has 3 heteroatoms. The maximum absolute atomic E-state index is 11.7. The van der Waals surface area contributed by atoms with E-state index < -0.39 is 0 Å². The van der Waals surface area contributed by atoms with E-state index in [0.717, 1.165) is 19.5 Å². The van der Waals surface area contributed by atoms with E-state index in [4.69, 9.17) is 0 Å². The highest BCUT2D eigenvalue weighted by Crippen LogP contribution is 2.13. The molecule has 1 N–H and O–H groups in total. The van der Waals surface area contributed by atoms with Crippen LogP contribution >= 0.6 is 0 Å². The number of nitrogens with one attached hydrogen (secondary N) is 1. The minimum absolute atomic E-state index is 0.132. The first-order chi connectivity index (χ1) is 6.50. The minimum atomic E-state index is 0.132. The van der Waals surface area contributed by atoms with Gasteiger partial charge in [0, 0.05) is 31.1 Å². The van der Waals surface area contributed by atoms with E-state index in [1.165, 1.54) is 0 Å². The Labute approximate surface area is 86.9 Å². The zero-order chi connectivity index (χ0) is 10.7. The molecule has 14 heavy (non-hydrogen) atoms. The van der Waals surface area contributed by atoms with Crippen molar-refractivity contribution >= 4 is 5.91 Å².